The molecule has 45 heavy (non-hydrogen) atoms. The van der Waals surface area contributed by atoms with Crippen molar-refractivity contribution in [3.63, 3.8) is 0 Å². The fourth-order valence-corrected chi connectivity index (χ4v) is 5.54. The van der Waals surface area contributed by atoms with Gasteiger partial charge < -0.3 is 14.8 Å². The number of hydrogen-bond acceptors (Lipinski definition) is 5. The Bertz CT molecular complexity index is 1660. The molecule has 7 nitrogen and oxygen atoms in total. The largest absolute Gasteiger partial charge is 0.493 e. The van der Waals surface area contributed by atoms with Gasteiger partial charge in [0.05, 0.1) is 23.8 Å². The summed E-state index contributed by atoms with van der Waals surface area (Å²) in [5.41, 5.74) is 0.198. The number of aromatic nitrogens is 1. The molecule has 0 saturated carbocycles. The lowest BCUT2D eigenvalue weighted by atomic mass is 9.92. The summed E-state index contributed by atoms with van der Waals surface area (Å²) in [6.07, 6.45) is -0.862. The highest BCUT2D eigenvalue weighted by Gasteiger charge is 2.48. The smallest absolute Gasteiger partial charge is 0.418 e. The molecule has 4 aromatic rings. The fraction of sp³-hybridized carbons (Fsp3) is 0.343. The summed E-state index contributed by atoms with van der Waals surface area (Å²) in [7, 11) is 0. The molecule has 2 heterocycles. The van der Waals surface area contributed by atoms with Gasteiger partial charge in [0.25, 0.3) is 5.91 Å². The number of urea groups is 1. The zero-order chi connectivity index (χ0) is 32.2. The number of amides is 3. The number of hydrogen-bond donors (Lipinski definition) is 1. The van der Waals surface area contributed by atoms with Crippen molar-refractivity contribution in [2.45, 2.75) is 64.3 Å². The van der Waals surface area contributed by atoms with E-state index in [9.17, 15) is 22.8 Å². The van der Waals surface area contributed by atoms with Gasteiger partial charge in [-0.1, -0.05) is 48.5 Å². The van der Waals surface area contributed by atoms with Crippen molar-refractivity contribution in [1.82, 2.24) is 15.2 Å². The predicted octanol–water partition coefficient (Wildman–Crippen LogP) is 7.65. The molecule has 0 spiro atoms. The minimum absolute atomic E-state index is 0.0165. The number of ether oxygens (including phenoxy) is 2. The third-order valence-electron chi connectivity index (χ3n) is 7.82. The van der Waals surface area contributed by atoms with Gasteiger partial charge in [0.2, 0.25) is 0 Å². The second-order valence-electron chi connectivity index (χ2n) is 11.6. The third-order valence-corrected chi connectivity index (χ3v) is 7.82. The minimum atomic E-state index is -4.55. The molecule has 236 valence electrons. The number of pyridine rings is 1. The van der Waals surface area contributed by atoms with Gasteiger partial charge in [0, 0.05) is 30.1 Å². The minimum Gasteiger partial charge on any atom is -0.493 e. The van der Waals surface area contributed by atoms with E-state index in [0.29, 0.717) is 53.7 Å². The van der Waals surface area contributed by atoms with Gasteiger partial charge in [0.1, 0.15) is 17.0 Å². The van der Waals surface area contributed by atoms with Crippen molar-refractivity contribution in [2.24, 2.45) is 0 Å². The molecular weight excluding hydrogens is 583 g/mol. The number of carbonyl (C=O) groups excluding carboxylic acids is 2. The molecule has 3 amide bonds. The van der Waals surface area contributed by atoms with Crippen LogP contribution in [0.3, 0.4) is 0 Å². The fourth-order valence-electron chi connectivity index (χ4n) is 5.54. The molecule has 1 atom stereocenters. The van der Waals surface area contributed by atoms with E-state index in [1.54, 1.807) is 37.3 Å². The maximum absolute atomic E-state index is 13.7. The Morgan fingerprint density at radius 2 is 1.67 bits per heavy atom. The van der Waals surface area contributed by atoms with E-state index in [1.165, 1.54) is 17.2 Å². The van der Waals surface area contributed by atoms with Gasteiger partial charge in [-0.25, -0.2) is 4.79 Å². The van der Waals surface area contributed by atoms with E-state index in [4.69, 9.17) is 9.47 Å². The number of carbonyl (C=O) groups is 2. The zero-order valence-electron chi connectivity index (χ0n) is 25.5. The Labute approximate surface area is 260 Å². The Hall–Kier alpha value is -4.60. The number of rotatable bonds is 12. The Balaban J connectivity index is 1.22. The lowest BCUT2D eigenvalue weighted by Gasteiger charge is -2.22. The number of fused-ring (bicyclic) bond motifs is 1. The normalized spacial score (nSPS) is 16.8. The Morgan fingerprint density at radius 1 is 0.933 bits per heavy atom. The van der Waals surface area contributed by atoms with Gasteiger partial charge in [-0.15, -0.1) is 0 Å². The van der Waals surface area contributed by atoms with Crippen LogP contribution >= 0.6 is 0 Å². The van der Waals surface area contributed by atoms with Crippen LogP contribution in [0, 0.1) is 0 Å². The molecule has 0 bridgehead atoms. The van der Waals surface area contributed by atoms with E-state index < -0.39 is 23.3 Å². The molecule has 1 saturated heterocycles. The van der Waals surface area contributed by atoms with Gasteiger partial charge in [0.15, 0.2) is 0 Å². The number of imide groups is 1. The first-order valence-electron chi connectivity index (χ1n) is 15.0. The van der Waals surface area contributed by atoms with Crippen molar-refractivity contribution in [2.75, 3.05) is 13.2 Å². The Kier molecular flexibility index (Phi) is 9.32. The molecule has 3 aromatic carbocycles. The lowest BCUT2D eigenvalue weighted by Crippen LogP contribution is -2.41. The maximum Gasteiger partial charge on any atom is 0.418 e. The summed E-state index contributed by atoms with van der Waals surface area (Å²) in [6.45, 7) is 6.03. The van der Waals surface area contributed by atoms with Crippen LogP contribution in [-0.4, -0.2) is 41.1 Å². The number of halogens is 3. The summed E-state index contributed by atoms with van der Waals surface area (Å²) in [5.74, 6) is 0.737. The van der Waals surface area contributed by atoms with E-state index in [2.05, 4.69) is 10.3 Å². The molecule has 1 N–H and O–H groups in total. The Morgan fingerprint density at radius 3 is 2.36 bits per heavy atom. The topological polar surface area (TPSA) is 80.8 Å². The summed E-state index contributed by atoms with van der Waals surface area (Å²) in [6, 6.07) is 20.2. The van der Waals surface area contributed by atoms with Gasteiger partial charge in [-0.05, 0) is 75.4 Å². The highest BCUT2D eigenvalue weighted by atomic mass is 19.4. The molecule has 1 aliphatic heterocycles. The van der Waals surface area contributed by atoms with Crippen molar-refractivity contribution < 1.29 is 32.2 Å². The van der Waals surface area contributed by atoms with Crippen LogP contribution in [0.25, 0.3) is 10.9 Å². The molecule has 1 fully saturated rings. The maximum atomic E-state index is 13.7. The van der Waals surface area contributed by atoms with Crippen LogP contribution in [0.2, 0.25) is 0 Å². The molecule has 1 unspecified atom stereocenters. The van der Waals surface area contributed by atoms with Crippen molar-refractivity contribution in [1.29, 1.82) is 0 Å². The SMILES string of the molecule is CC(C)Oc1ccc(C2(C)NC(=O)N(CCCCCOc3c(Cc4ccccc4)cnc4c(C(F)(F)F)cccc34)C2=O)cc1. The number of benzene rings is 3. The van der Waals surface area contributed by atoms with Gasteiger partial charge >= 0.3 is 12.2 Å². The van der Waals surface area contributed by atoms with Crippen LogP contribution in [0.15, 0.2) is 79.0 Å². The zero-order valence-corrected chi connectivity index (χ0v) is 25.5. The second kappa shape index (κ2) is 13.2. The van der Waals surface area contributed by atoms with Crippen LogP contribution in [0.4, 0.5) is 18.0 Å². The van der Waals surface area contributed by atoms with Crippen molar-refractivity contribution in [3.8, 4) is 11.5 Å². The summed E-state index contributed by atoms with van der Waals surface area (Å²) < 4.78 is 53.0. The number of alkyl halides is 3. The molecule has 0 radical (unpaired) electrons. The van der Waals surface area contributed by atoms with E-state index >= 15 is 0 Å². The van der Waals surface area contributed by atoms with E-state index in [-0.39, 0.29) is 30.7 Å². The summed E-state index contributed by atoms with van der Waals surface area (Å²) in [5, 5.41) is 3.13. The average Bonchev–Trinajstić information content (AvgIpc) is 3.22. The average molecular weight is 620 g/mol. The van der Waals surface area contributed by atoms with Crippen molar-refractivity contribution in [3.05, 3.63) is 101 Å². The second-order valence-corrected chi connectivity index (χ2v) is 11.6. The third kappa shape index (κ3) is 7.05. The quantitative estimate of drug-likeness (QED) is 0.130. The van der Waals surface area contributed by atoms with Crippen LogP contribution in [-0.2, 0) is 22.9 Å². The monoisotopic (exact) mass is 619 g/mol. The number of nitrogens with one attached hydrogen (secondary N) is 1. The molecule has 10 heteroatoms. The number of unbranched alkanes of at least 4 members (excludes halogenated alkanes) is 2. The van der Waals surface area contributed by atoms with Crippen LogP contribution in [0.5, 0.6) is 11.5 Å². The van der Waals surface area contributed by atoms with Crippen molar-refractivity contribution >= 4 is 22.8 Å². The number of nitrogens with zero attached hydrogens (tertiary/aromatic N) is 2. The molecule has 0 aliphatic carbocycles. The lowest BCUT2D eigenvalue weighted by molar-refractivity contribution is -0.136. The molecule has 1 aromatic heterocycles. The summed E-state index contributed by atoms with van der Waals surface area (Å²) >= 11 is 0. The first-order chi connectivity index (χ1) is 21.5. The van der Waals surface area contributed by atoms with E-state index in [0.717, 1.165) is 11.6 Å². The van der Waals surface area contributed by atoms with Gasteiger partial charge in [-0.2, -0.15) is 13.2 Å². The highest BCUT2D eigenvalue weighted by Crippen LogP contribution is 2.38. The first-order valence-corrected chi connectivity index (χ1v) is 15.0. The molecular formula is C35H36F3N3O4. The molecule has 5 rings (SSSR count). The predicted molar refractivity (Wildman–Crippen MR) is 165 cm³/mol. The standard InChI is InChI=1S/C35H36F3N3O4/c1-23(2)45-27-17-15-26(16-18-27)34(3)32(42)41(33(43)40-34)19-8-5-9-20-44-31-25(21-24-11-6-4-7-12-24)22-39-30-28(31)13-10-14-29(30)35(36,37)38/h4,6-7,10-18,22-23H,5,8-9,19-21H2,1-3H3,(H,40,43). The van der Waals surface area contributed by atoms with Crippen LogP contribution < -0.4 is 14.8 Å². The van der Waals surface area contributed by atoms with Crippen LogP contribution in [0.1, 0.15) is 62.3 Å². The summed E-state index contributed by atoms with van der Waals surface area (Å²) in [4.78, 5) is 31.5. The van der Waals surface area contributed by atoms with Gasteiger partial charge in [-0.3, -0.25) is 14.7 Å². The molecule has 1 aliphatic rings. The van der Waals surface area contributed by atoms with E-state index in [1.807, 2.05) is 44.2 Å². The number of para-hydroxylation sites is 1. The highest BCUT2D eigenvalue weighted by molar-refractivity contribution is 6.07. The first kappa shape index (κ1) is 31.8.